The first-order chi connectivity index (χ1) is 20.0. The van der Waals surface area contributed by atoms with E-state index < -0.39 is 11.2 Å². The first-order valence-electron chi connectivity index (χ1n) is 13.9. The predicted molar refractivity (Wildman–Crippen MR) is 154 cm³/mol. The van der Waals surface area contributed by atoms with Gasteiger partial charge in [0.2, 0.25) is 6.29 Å². The summed E-state index contributed by atoms with van der Waals surface area (Å²) < 4.78 is 12.1. The number of amides is 1. The Kier molecular flexibility index (Phi) is 8.91. The van der Waals surface area contributed by atoms with Crippen LogP contribution in [0.1, 0.15) is 42.4 Å². The molecular formula is C31H34N4O6. The summed E-state index contributed by atoms with van der Waals surface area (Å²) in [7, 11) is 0. The molecule has 0 fully saturated rings. The first kappa shape index (κ1) is 28.3. The van der Waals surface area contributed by atoms with Gasteiger partial charge in [-0.25, -0.2) is 4.98 Å². The summed E-state index contributed by atoms with van der Waals surface area (Å²) in [5, 5.41) is 26.3. The van der Waals surface area contributed by atoms with Gasteiger partial charge in [0.25, 0.3) is 11.6 Å². The second-order valence-electron chi connectivity index (χ2n) is 10.1. The highest BCUT2D eigenvalue weighted by Crippen LogP contribution is 2.43. The van der Waals surface area contributed by atoms with Crippen LogP contribution in [0.25, 0.3) is 11.1 Å². The highest BCUT2D eigenvalue weighted by molar-refractivity contribution is 5.91. The molecule has 10 nitrogen and oxygen atoms in total. The van der Waals surface area contributed by atoms with Crippen LogP contribution in [0.2, 0.25) is 0 Å². The molecule has 3 N–H and O–H groups in total. The summed E-state index contributed by atoms with van der Waals surface area (Å²) in [6, 6.07) is 17.8. The molecule has 0 bridgehead atoms. The number of fused-ring (bicyclic) bond motifs is 3. The fraction of sp³-hybridized carbons (Fsp3) is 0.355. The second-order valence-corrected chi connectivity index (χ2v) is 10.1. The Labute approximate surface area is 238 Å². The summed E-state index contributed by atoms with van der Waals surface area (Å²) in [6.07, 6.45) is 4.58. The van der Waals surface area contributed by atoms with Crippen LogP contribution in [0.4, 0.5) is 11.5 Å². The minimum absolute atomic E-state index is 0.0647. The molecule has 2 heterocycles. The number of aliphatic hydroxyl groups excluding tert-OH is 1. The van der Waals surface area contributed by atoms with E-state index in [2.05, 4.69) is 58.1 Å². The summed E-state index contributed by atoms with van der Waals surface area (Å²) >= 11 is 0. The van der Waals surface area contributed by atoms with Gasteiger partial charge in [-0.1, -0.05) is 42.5 Å². The summed E-state index contributed by atoms with van der Waals surface area (Å²) in [5.41, 5.74) is 6.07. The third-order valence-electron chi connectivity index (χ3n) is 7.51. The molecule has 1 aromatic heterocycles. The maximum absolute atomic E-state index is 13.2. The number of aromatic nitrogens is 1. The van der Waals surface area contributed by atoms with E-state index in [0.717, 1.165) is 12.0 Å². The quantitative estimate of drug-likeness (QED) is 0.131. The summed E-state index contributed by atoms with van der Waals surface area (Å²) in [6.45, 7) is 3.03. The number of carbonyl (C=O) groups is 1. The Hall–Kier alpha value is -4.28. The molecule has 3 aromatic rings. The van der Waals surface area contributed by atoms with Crippen molar-refractivity contribution in [2.24, 2.45) is 5.92 Å². The Morgan fingerprint density at radius 3 is 2.73 bits per heavy atom. The SMILES string of the molecule is CCO[C@H]1OC(C(=O)NCCNc2ccc([N+](=O)[O-])cn2)=C[C@@H](c2ccc3c(c2)Cc2ccccc2-3)[C@H]1CCCO. The van der Waals surface area contributed by atoms with Gasteiger partial charge in [-0.2, -0.15) is 0 Å². The minimum Gasteiger partial charge on any atom is -0.459 e. The fourth-order valence-electron chi connectivity index (χ4n) is 5.57. The van der Waals surface area contributed by atoms with Crippen LogP contribution in [0.3, 0.4) is 0 Å². The summed E-state index contributed by atoms with van der Waals surface area (Å²) in [5.74, 6) is 0.109. The second kappa shape index (κ2) is 12.9. The van der Waals surface area contributed by atoms with Crippen molar-refractivity contribution < 1.29 is 24.3 Å². The van der Waals surface area contributed by atoms with E-state index in [1.165, 1.54) is 40.6 Å². The van der Waals surface area contributed by atoms with Crippen molar-refractivity contribution in [1.29, 1.82) is 0 Å². The number of hydrogen-bond acceptors (Lipinski definition) is 8. The molecule has 5 rings (SSSR count). The molecule has 0 saturated carbocycles. The van der Waals surface area contributed by atoms with Gasteiger partial charge >= 0.3 is 0 Å². The van der Waals surface area contributed by atoms with Gasteiger partial charge in [0.05, 0.1) is 4.92 Å². The number of benzene rings is 2. The molecule has 1 aliphatic heterocycles. The lowest BCUT2D eigenvalue weighted by molar-refractivity contribution is -0.385. The number of pyridine rings is 1. The zero-order valence-corrected chi connectivity index (χ0v) is 22.9. The maximum Gasteiger partial charge on any atom is 0.287 e. The van der Waals surface area contributed by atoms with Crippen molar-refractivity contribution in [3.63, 3.8) is 0 Å². The lowest BCUT2D eigenvalue weighted by Gasteiger charge is -2.37. The third-order valence-corrected chi connectivity index (χ3v) is 7.51. The van der Waals surface area contributed by atoms with Crippen LogP contribution in [0.15, 0.2) is 72.6 Å². The standard InChI is InChI=1S/C31H34N4O6/c1-2-40-31-26(8-5-15-36)27(21-9-11-25-22(17-21)16-20-6-3-4-7-24(20)25)18-28(41-31)30(37)33-14-13-32-29-12-10-23(19-34-29)35(38)39/h3-4,6-7,9-12,17-19,26-27,31,36H,2,5,8,13-16H2,1H3,(H,32,34)(H,33,37)/t26-,27+,31+/m1/s1. The number of allylic oxidation sites excluding steroid dienone is 1. The third kappa shape index (κ3) is 6.39. The molecule has 0 radical (unpaired) electrons. The monoisotopic (exact) mass is 558 g/mol. The Morgan fingerprint density at radius 2 is 1.98 bits per heavy atom. The van der Waals surface area contributed by atoms with Crippen LogP contribution in [0.5, 0.6) is 0 Å². The van der Waals surface area contributed by atoms with Crippen molar-refractivity contribution in [1.82, 2.24) is 10.3 Å². The minimum atomic E-state index is -0.629. The largest absolute Gasteiger partial charge is 0.459 e. The van der Waals surface area contributed by atoms with E-state index in [9.17, 15) is 20.0 Å². The molecule has 1 amide bonds. The van der Waals surface area contributed by atoms with E-state index in [4.69, 9.17) is 9.47 Å². The van der Waals surface area contributed by atoms with Crippen LogP contribution < -0.4 is 10.6 Å². The number of nitro groups is 1. The van der Waals surface area contributed by atoms with E-state index in [1.54, 1.807) is 0 Å². The molecule has 2 aliphatic rings. The van der Waals surface area contributed by atoms with Gasteiger partial charge in [-0.05, 0) is 66.1 Å². The van der Waals surface area contributed by atoms with E-state index in [1.807, 2.05) is 13.0 Å². The molecule has 41 heavy (non-hydrogen) atoms. The zero-order valence-electron chi connectivity index (χ0n) is 22.9. The van der Waals surface area contributed by atoms with E-state index in [0.29, 0.717) is 31.8 Å². The number of carbonyl (C=O) groups excluding carboxylic acids is 1. The predicted octanol–water partition coefficient (Wildman–Crippen LogP) is 4.54. The average molecular weight is 559 g/mol. The van der Waals surface area contributed by atoms with Crippen LogP contribution in [0, 0.1) is 16.0 Å². The van der Waals surface area contributed by atoms with E-state index in [-0.39, 0.29) is 42.3 Å². The number of hydrogen-bond donors (Lipinski definition) is 3. The number of aliphatic hydroxyl groups is 1. The maximum atomic E-state index is 13.2. The van der Waals surface area contributed by atoms with Crippen molar-refractivity contribution in [3.8, 4) is 11.1 Å². The van der Waals surface area contributed by atoms with Gasteiger partial charge in [0.15, 0.2) is 5.76 Å². The molecule has 214 valence electrons. The fourth-order valence-corrected chi connectivity index (χ4v) is 5.57. The summed E-state index contributed by atoms with van der Waals surface area (Å²) in [4.78, 5) is 27.5. The van der Waals surface area contributed by atoms with E-state index >= 15 is 0 Å². The van der Waals surface area contributed by atoms with Crippen molar-refractivity contribution in [2.45, 2.75) is 38.4 Å². The van der Waals surface area contributed by atoms with Crippen molar-refractivity contribution in [2.75, 3.05) is 31.6 Å². The molecule has 0 spiro atoms. The number of anilines is 1. The number of nitrogens with one attached hydrogen (secondary N) is 2. The molecule has 1 aliphatic carbocycles. The lowest BCUT2D eigenvalue weighted by atomic mass is 9.80. The normalized spacial score (nSPS) is 19.0. The van der Waals surface area contributed by atoms with Crippen molar-refractivity contribution in [3.05, 3.63) is 99.4 Å². The molecule has 10 heteroatoms. The van der Waals surface area contributed by atoms with Crippen molar-refractivity contribution >= 4 is 17.4 Å². The Morgan fingerprint density at radius 1 is 1.15 bits per heavy atom. The smallest absolute Gasteiger partial charge is 0.287 e. The molecule has 0 unspecified atom stereocenters. The molecule has 3 atom stereocenters. The van der Waals surface area contributed by atoms with Gasteiger partial charge < -0.3 is 25.2 Å². The highest BCUT2D eigenvalue weighted by atomic mass is 16.7. The zero-order chi connectivity index (χ0) is 28.8. The molecule has 2 aromatic carbocycles. The number of rotatable bonds is 12. The number of ether oxygens (including phenoxy) is 2. The topological polar surface area (TPSA) is 136 Å². The van der Waals surface area contributed by atoms with Crippen LogP contribution in [-0.2, 0) is 20.7 Å². The Bertz CT molecular complexity index is 1420. The lowest BCUT2D eigenvalue weighted by Crippen LogP contribution is -2.39. The van der Waals surface area contributed by atoms with Gasteiger partial charge in [-0.3, -0.25) is 14.9 Å². The highest BCUT2D eigenvalue weighted by Gasteiger charge is 2.38. The first-order valence-corrected chi connectivity index (χ1v) is 13.9. The van der Waals surface area contributed by atoms with Crippen LogP contribution in [-0.4, -0.2) is 53.5 Å². The Balaban J connectivity index is 1.32. The number of nitrogens with zero attached hydrogens (tertiary/aromatic N) is 2. The van der Waals surface area contributed by atoms with Gasteiger partial charge in [0, 0.05) is 44.2 Å². The van der Waals surface area contributed by atoms with Gasteiger partial charge in [-0.15, -0.1) is 0 Å². The van der Waals surface area contributed by atoms with Crippen LogP contribution >= 0.6 is 0 Å². The average Bonchev–Trinajstić information content (AvgIpc) is 3.36. The molecular weight excluding hydrogens is 524 g/mol. The molecule has 0 saturated heterocycles. The van der Waals surface area contributed by atoms with Gasteiger partial charge in [0.1, 0.15) is 12.0 Å².